The molecule has 4 aromatic rings. The van der Waals surface area contributed by atoms with Crippen LogP contribution < -0.4 is 15.0 Å². The number of carbonyl (C=O) groups excluding carboxylic acids is 1. The molecule has 2 heterocycles. The number of ether oxygens (including phenoxy) is 2. The highest BCUT2D eigenvalue weighted by Crippen LogP contribution is 2.28. The van der Waals surface area contributed by atoms with Crippen molar-refractivity contribution in [3.63, 3.8) is 0 Å². The minimum Gasteiger partial charge on any atom is -0.493 e. The summed E-state index contributed by atoms with van der Waals surface area (Å²) >= 11 is 0. The van der Waals surface area contributed by atoms with Crippen molar-refractivity contribution >= 4 is 16.8 Å². The predicted octanol–water partition coefficient (Wildman–Crippen LogP) is 3.90. The van der Waals surface area contributed by atoms with E-state index < -0.39 is 0 Å². The molecule has 5 rings (SSSR count). The third-order valence-corrected chi connectivity index (χ3v) is 6.80. The Labute approximate surface area is 209 Å². The van der Waals surface area contributed by atoms with Gasteiger partial charge < -0.3 is 14.4 Å². The van der Waals surface area contributed by atoms with Crippen molar-refractivity contribution in [2.75, 3.05) is 27.3 Å². The second-order valence-electron chi connectivity index (χ2n) is 8.89. The van der Waals surface area contributed by atoms with Crippen molar-refractivity contribution in [3.05, 3.63) is 99.6 Å². The molecule has 0 N–H and O–H groups in total. The lowest BCUT2D eigenvalue weighted by atomic mass is 9.99. The highest BCUT2D eigenvalue weighted by molar-refractivity contribution is 5.96. The number of benzene rings is 3. The molecule has 1 aliphatic rings. The van der Waals surface area contributed by atoms with Gasteiger partial charge in [0.1, 0.15) is 5.82 Å². The average molecular weight is 484 g/mol. The van der Waals surface area contributed by atoms with Gasteiger partial charge in [-0.25, -0.2) is 4.98 Å². The molecular formula is C29H29N3O4. The van der Waals surface area contributed by atoms with Crippen LogP contribution in [0.15, 0.2) is 71.5 Å². The Morgan fingerprint density at radius 3 is 2.47 bits per heavy atom. The molecule has 1 aromatic heterocycles. The predicted molar refractivity (Wildman–Crippen MR) is 139 cm³/mol. The van der Waals surface area contributed by atoms with Crippen LogP contribution in [0.2, 0.25) is 0 Å². The summed E-state index contributed by atoms with van der Waals surface area (Å²) in [4.78, 5) is 33.2. The fraction of sp³-hybridized carbons (Fsp3) is 0.276. The van der Waals surface area contributed by atoms with Crippen LogP contribution in [0, 0.1) is 0 Å². The minimum absolute atomic E-state index is 0.0388. The second-order valence-corrected chi connectivity index (χ2v) is 8.89. The van der Waals surface area contributed by atoms with E-state index in [1.54, 1.807) is 18.8 Å². The van der Waals surface area contributed by atoms with E-state index in [4.69, 9.17) is 14.5 Å². The summed E-state index contributed by atoms with van der Waals surface area (Å²) in [5, 5.41) is 0.594. The van der Waals surface area contributed by atoms with E-state index in [0.29, 0.717) is 60.7 Å². The summed E-state index contributed by atoms with van der Waals surface area (Å²) < 4.78 is 12.5. The van der Waals surface area contributed by atoms with E-state index in [2.05, 4.69) is 0 Å². The monoisotopic (exact) mass is 483 g/mol. The first kappa shape index (κ1) is 23.6. The number of para-hydroxylation sites is 1. The van der Waals surface area contributed by atoms with Crippen LogP contribution in [0.1, 0.15) is 27.3 Å². The number of aryl methyl sites for hydroxylation is 1. The Kier molecular flexibility index (Phi) is 6.71. The van der Waals surface area contributed by atoms with Crippen molar-refractivity contribution < 1.29 is 14.3 Å². The first-order valence-corrected chi connectivity index (χ1v) is 12.2. The van der Waals surface area contributed by atoms with Crippen LogP contribution in [0.5, 0.6) is 11.5 Å². The summed E-state index contributed by atoms with van der Waals surface area (Å²) in [7, 11) is 3.22. The minimum atomic E-state index is -0.0635. The zero-order valence-electron chi connectivity index (χ0n) is 20.6. The lowest BCUT2D eigenvalue weighted by molar-refractivity contribution is 0.0740. The van der Waals surface area contributed by atoms with E-state index in [-0.39, 0.29) is 11.5 Å². The quantitative estimate of drug-likeness (QED) is 0.380. The molecule has 0 unspecified atom stereocenters. The van der Waals surface area contributed by atoms with Gasteiger partial charge in [0.15, 0.2) is 11.5 Å². The molecule has 3 aromatic carbocycles. The highest BCUT2D eigenvalue weighted by Gasteiger charge is 2.24. The van der Waals surface area contributed by atoms with Gasteiger partial charge in [0, 0.05) is 31.6 Å². The van der Waals surface area contributed by atoms with Crippen LogP contribution >= 0.6 is 0 Å². The van der Waals surface area contributed by atoms with Gasteiger partial charge in [-0.15, -0.1) is 0 Å². The number of nitrogens with zero attached hydrogens (tertiary/aromatic N) is 3. The van der Waals surface area contributed by atoms with Crippen LogP contribution in [0.3, 0.4) is 0 Å². The van der Waals surface area contributed by atoms with Crippen molar-refractivity contribution in [3.8, 4) is 11.5 Å². The normalized spacial score (nSPS) is 13.1. The van der Waals surface area contributed by atoms with Crippen molar-refractivity contribution in [2.24, 2.45) is 0 Å². The van der Waals surface area contributed by atoms with Crippen molar-refractivity contribution in [2.45, 2.75) is 25.8 Å². The molecular weight excluding hydrogens is 454 g/mol. The van der Waals surface area contributed by atoms with Gasteiger partial charge >= 0.3 is 0 Å². The molecule has 0 saturated heterocycles. The van der Waals surface area contributed by atoms with Gasteiger partial charge in [-0.3, -0.25) is 14.2 Å². The Hall–Kier alpha value is -4.13. The molecule has 0 bridgehead atoms. The van der Waals surface area contributed by atoms with Crippen LogP contribution in [-0.4, -0.2) is 47.7 Å². The highest BCUT2D eigenvalue weighted by atomic mass is 16.5. The molecule has 0 radical (unpaired) electrons. The van der Waals surface area contributed by atoms with Crippen molar-refractivity contribution in [1.29, 1.82) is 0 Å². The third kappa shape index (κ3) is 4.56. The topological polar surface area (TPSA) is 73.7 Å². The average Bonchev–Trinajstić information content (AvgIpc) is 2.92. The molecule has 0 fully saturated rings. The largest absolute Gasteiger partial charge is 0.493 e. The van der Waals surface area contributed by atoms with Gasteiger partial charge in [0.25, 0.3) is 11.5 Å². The Morgan fingerprint density at radius 2 is 1.64 bits per heavy atom. The molecule has 0 spiro atoms. The molecule has 0 aliphatic carbocycles. The van der Waals surface area contributed by atoms with Gasteiger partial charge in [0.2, 0.25) is 0 Å². The molecule has 7 nitrogen and oxygen atoms in total. The third-order valence-electron chi connectivity index (χ3n) is 6.80. The van der Waals surface area contributed by atoms with Gasteiger partial charge in [0.05, 0.1) is 25.1 Å². The van der Waals surface area contributed by atoms with Crippen LogP contribution in [0.25, 0.3) is 10.9 Å². The Balaban J connectivity index is 1.41. The first-order valence-electron chi connectivity index (χ1n) is 12.2. The van der Waals surface area contributed by atoms with Gasteiger partial charge in [-0.05, 0) is 54.3 Å². The fourth-order valence-electron chi connectivity index (χ4n) is 4.84. The number of aromatic nitrogens is 2. The summed E-state index contributed by atoms with van der Waals surface area (Å²) in [6.45, 7) is 1.64. The Bertz CT molecular complexity index is 1480. The first-order chi connectivity index (χ1) is 17.6. The van der Waals surface area contributed by atoms with E-state index >= 15 is 0 Å². The van der Waals surface area contributed by atoms with Crippen molar-refractivity contribution in [1.82, 2.24) is 14.5 Å². The zero-order valence-corrected chi connectivity index (χ0v) is 20.6. The molecule has 1 aliphatic heterocycles. The number of amides is 1. The SMILES string of the molecule is COc1ccc(CCn2c(CCN3CCc4ccccc4C3=O)nc3ccccc3c2=O)cc1OC. The maximum atomic E-state index is 13.5. The molecule has 184 valence electrons. The van der Waals surface area contributed by atoms with Gasteiger partial charge in [-0.2, -0.15) is 0 Å². The molecule has 36 heavy (non-hydrogen) atoms. The molecule has 0 saturated carbocycles. The van der Waals surface area contributed by atoms with Gasteiger partial charge in [-0.1, -0.05) is 36.4 Å². The summed E-state index contributed by atoms with van der Waals surface area (Å²) in [5.41, 5.74) is 3.50. The fourth-order valence-corrected chi connectivity index (χ4v) is 4.84. The number of carbonyl (C=O) groups is 1. The summed E-state index contributed by atoms with van der Waals surface area (Å²) in [6, 6.07) is 21.0. The number of fused-ring (bicyclic) bond motifs is 2. The van der Waals surface area contributed by atoms with E-state index in [9.17, 15) is 9.59 Å². The second kappa shape index (κ2) is 10.2. The molecule has 0 atom stereocenters. The number of hydrogen-bond donors (Lipinski definition) is 0. The smallest absolute Gasteiger partial charge is 0.261 e. The maximum Gasteiger partial charge on any atom is 0.261 e. The lowest BCUT2D eigenvalue weighted by Crippen LogP contribution is -2.39. The number of rotatable bonds is 8. The summed E-state index contributed by atoms with van der Waals surface area (Å²) in [5.74, 6) is 2.05. The number of methoxy groups -OCH3 is 2. The standard InChI is InChI=1S/C29H29N3O4/c1-35-25-12-11-20(19-26(25)36-2)13-18-32-27(30-24-10-6-5-9-23(24)29(32)34)15-17-31-16-14-21-7-3-4-8-22(21)28(31)33/h3-12,19H,13-18H2,1-2H3. The lowest BCUT2D eigenvalue weighted by Gasteiger charge is -2.28. The number of hydrogen-bond acceptors (Lipinski definition) is 5. The summed E-state index contributed by atoms with van der Waals surface area (Å²) in [6.07, 6.45) is 1.96. The van der Waals surface area contributed by atoms with E-state index in [0.717, 1.165) is 23.1 Å². The maximum absolute atomic E-state index is 13.5. The van der Waals surface area contributed by atoms with Crippen LogP contribution in [0.4, 0.5) is 0 Å². The van der Waals surface area contributed by atoms with Crippen LogP contribution in [-0.2, 0) is 25.8 Å². The molecule has 7 heteroatoms. The Morgan fingerprint density at radius 1 is 0.861 bits per heavy atom. The molecule has 1 amide bonds. The zero-order chi connectivity index (χ0) is 25.1. The van der Waals surface area contributed by atoms with E-state index in [1.165, 1.54) is 0 Å². The van der Waals surface area contributed by atoms with E-state index in [1.807, 2.05) is 71.6 Å².